The summed E-state index contributed by atoms with van der Waals surface area (Å²) in [5.41, 5.74) is 2.39. The molecule has 0 saturated carbocycles. The fraction of sp³-hybridized carbons (Fsp3) is 0.421. The van der Waals surface area contributed by atoms with Crippen molar-refractivity contribution in [3.63, 3.8) is 0 Å². The van der Waals surface area contributed by atoms with Crippen molar-refractivity contribution >= 4 is 0 Å². The predicted molar refractivity (Wildman–Crippen MR) is 96.5 cm³/mol. The minimum absolute atomic E-state index is 0.818. The van der Waals surface area contributed by atoms with Gasteiger partial charge in [-0.05, 0) is 43.4 Å². The van der Waals surface area contributed by atoms with Crippen LogP contribution in [-0.4, -0.2) is 56.2 Å². The molecule has 0 saturated heterocycles. The van der Waals surface area contributed by atoms with Crippen LogP contribution in [0.4, 0.5) is 0 Å². The van der Waals surface area contributed by atoms with Crippen LogP contribution in [0.25, 0.3) is 0 Å². The van der Waals surface area contributed by atoms with Crippen molar-refractivity contribution in [2.24, 2.45) is 0 Å². The van der Waals surface area contributed by atoms with Crippen LogP contribution in [0.1, 0.15) is 11.1 Å². The number of rotatable bonds is 9. The lowest BCUT2D eigenvalue weighted by Crippen LogP contribution is -2.31. The van der Waals surface area contributed by atoms with E-state index in [-0.39, 0.29) is 0 Å². The zero-order chi connectivity index (χ0) is 17.4. The summed E-state index contributed by atoms with van der Waals surface area (Å²) >= 11 is 0. The molecule has 0 spiro atoms. The van der Waals surface area contributed by atoms with Gasteiger partial charge in [-0.2, -0.15) is 0 Å². The second-order valence-electron chi connectivity index (χ2n) is 6.10. The highest BCUT2D eigenvalue weighted by Gasteiger charge is 2.10. The van der Waals surface area contributed by atoms with E-state index in [1.807, 2.05) is 18.3 Å². The first-order valence-corrected chi connectivity index (χ1v) is 8.08. The molecule has 0 radical (unpaired) electrons. The van der Waals surface area contributed by atoms with Gasteiger partial charge in [-0.1, -0.05) is 6.07 Å². The number of pyridine rings is 1. The molecule has 0 atom stereocenters. The Morgan fingerprint density at radius 2 is 1.58 bits per heavy atom. The van der Waals surface area contributed by atoms with Crippen LogP contribution in [0.5, 0.6) is 11.5 Å². The minimum atomic E-state index is 0.818. The Kier molecular flexibility index (Phi) is 7.03. The lowest BCUT2D eigenvalue weighted by atomic mass is 10.1. The van der Waals surface area contributed by atoms with Gasteiger partial charge in [0.15, 0.2) is 0 Å². The van der Waals surface area contributed by atoms with Crippen LogP contribution in [0.3, 0.4) is 0 Å². The number of benzene rings is 1. The molecule has 1 heterocycles. The summed E-state index contributed by atoms with van der Waals surface area (Å²) < 4.78 is 10.8. The van der Waals surface area contributed by atoms with E-state index in [4.69, 9.17) is 9.47 Å². The van der Waals surface area contributed by atoms with E-state index in [2.05, 4.69) is 47.1 Å². The third-order valence-corrected chi connectivity index (χ3v) is 3.81. The number of nitrogens with zero attached hydrogens (tertiary/aromatic N) is 3. The molecule has 5 nitrogen and oxygen atoms in total. The maximum Gasteiger partial charge on any atom is 0.122 e. The van der Waals surface area contributed by atoms with Gasteiger partial charge in [-0.25, -0.2) is 0 Å². The van der Waals surface area contributed by atoms with Gasteiger partial charge < -0.3 is 14.4 Å². The summed E-state index contributed by atoms with van der Waals surface area (Å²) in [6.45, 7) is 3.67. The van der Waals surface area contributed by atoms with Crippen molar-refractivity contribution in [2.45, 2.75) is 13.1 Å². The SMILES string of the molecule is COc1cc(CN(CCN(C)C)Cc2cccnc2)cc(OC)c1. The van der Waals surface area contributed by atoms with Crippen LogP contribution in [0.2, 0.25) is 0 Å². The van der Waals surface area contributed by atoms with Crippen molar-refractivity contribution < 1.29 is 9.47 Å². The Bertz CT molecular complexity index is 595. The Morgan fingerprint density at radius 3 is 2.12 bits per heavy atom. The van der Waals surface area contributed by atoms with E-state index in [1.54, 1.807) is 20.4 Å². The first kappa shape index (κ1) is 18.2. The Hall–Kier alpha value is -2.11. The fourth-order valence-corrected chi connectivity index (χ4v) is 2.52. The van der Waals surface area contributed by atoms with Gasteiger partial charge in [0.05, 0.1) is 14.2 Å². The predicted octanol–water partition coefficient (Wildman–Crippen LogP) is 2.66. The van der Waals surface area contributed by atoms with Gasteiger partial charge in [0, 0.05) is 44.6 Å². The van der Waals surface area contributed by atoms with Crippen LogP contribution in [0.15, 0.2) is 42.7 Å². The van der Waals surface area contributed by atoms with Gasteiger partial charge in [-0.15, -0.1) is 0 Å². The molecule has 24 heavy (non-hydrogen) atoms. The first-order chi connectivity index (χ1) is 11.6. The summed E-state index contributed by atoms with van der Waals surface area (Å²) in [7, 11) is 7.55. The molecular weight excluding hydrogens is 302 g/mol. The first-order valence-electron chi connectivity index (χ1n) is 8.08. The minimum Gasteiger partial charge on any atom is -0.497 e. The van der Waals surface area contributed by atoms with Crippen LogP contribution < -0.4 is 9.47 Å². The third kappa shape index (κ3) is 5.83. The van der Waals surface area contributed by atoms with Crippen molar-refractivity contribution in [3.8, 4) is 11.5 Å². The molecule has 0 fully saturated rings. The Labute approximate surface area is 144 Å². The van der Waals surface area contributed by atoms with E-state index < -0.39 is 0 Å². The lowest BCUT2D eigenvalue weighted by Gasteiger charge is -2.24. The quantitative estimate of drug-likeness (QED) is 0.707. The molecule has 0 amide bonds. The summed E-state index contributed by atoms with van der Waals surface area (Å²) in [6.07, 6.45) is 3.73. The van der Waals surface area contributed by atoms with Crippen molar-refractivity contribution in [1.82, 2.24) is 14.8 Å². The van der Waals surface area contributed by atoms with E-state index in [1.165, 1.54) is 11.1 Å². The molecule has 1 aromatic carbocycles. The molecule has 1 aromatic heterocycles. The average molecular weight is 329 g/mol. The normalized spacial score (nSPS) is 11.1. The largest absolute Gasteiger partial charge is 0.497 e. The van der Waals surface area contributed by atoms with Crippen molar-refractivity contribution in [1.29, 1.82) is 0 Å². The fourth-order valence-electron chi connectivity index (χ4n) is 2.52. The maximum atomic E-state index is 5.38. The number of aromatic nitrogens is 1. The zero-order valence-corrected chi connectivity index (χ0v) is 15.0. The Morgan fingerprint density at radius 1 is 0.917 bits per heavy atom. The van der Waals surface area contributed by atoms with E-state index in [9.17, 15) is 0 Å². The summed E-state index contributed by atoms with van der Waals surface area (Å²) in [5.74, 6) is 1.64. The van der Waals surface area contributed by atoms with Gasteiger partial charge in [-0.3, -0.25) is 9.88 Å². The zero-order valence-electron chi connectivity index (χ0n) is 15.0. The topological polar surface area (TPSA) is 37.8 Å². The lowest BCUT2D eigenvalue weighted by molar-refractivity contribution is 0.225. The van der Waals surface area contributed by atoms with Gasteiger partial charge in [0.2, 0.25) is 0 Å². The molecular formula is C19H27N3O2. The number of hydrogen-bond donors (Lipinski definition) is 0. The molecule has 0 unspecified atom stereocenters. The second kappa shape index (κ2) is 9.25. The van der Waals surface area contributed by atoms with Crippen LogP contribution >= 0.6 is 0 Å². The molecule has 2 rings (SSSR count). The van der Waals surface area contributed by atoms with E-state index >= 15 is 0 Å². The average Bonchev–Trinajstić information content (AvgIpc) is 2.60. The third-order valence-electron chi connectivity index (χ3n) is 3.81. The van der Waals surface area contributed by atoms with E-state index in [0.717, 1.165) is 37.7 Å². The molecule has 130 valence electrons. The highest BCUT2D eigenvalue weighted by molar-refractivity contribution is 5.38. The number of methoxy groups -OCH3 is 2. The van der Waals surface area contributed by atoms with Gasteiger partial charge >= 0.3 is 0 Å². The summed E-state index contributed by atoms with van der Waals surface area (Å²) in [5, 5.41) is 0. The molecule has 2 aromatic rings. The molecule has 0 bridgehead atoms. The molecule has 0 aliphatic carbocycles. The van der Waals surface area contributed by atoms with Crippen molar-refractivity contribution in [2.75, 3.05) is 41.4 Å². The summed E-state index contributed by atoms with van der Waals surface area (Å²) in [6, 6.07) is 10.1. The highest BCUT2D eigenvalue weighted by Crippen LogP contribution is 2.23. The van der Waals surface area contributed by atoms with Crippen LogP contribution in [-0.2, 0) is 13.1 Å². The maximum absolute atomic E-state index is 5.38. The molecule has 0 aliphatic heterocycles. The van der Waals surface area contributed by atoms with Gasteiger partial charge in [0.1, 0.15) is 11.5 Å². The van der Waals surface area contributed by atoms with Crippen molar-refractivity contribution in [3.05, 3.63) is 53.9 Å². The number of likely N-dealkylation sites (N-methyl/N-ethyl adjacent to an activating group) is 1. The monoisotopic (exact) mass is 329 g/mol. The summed E-state index contributed by atoms with van der Waals surface area (Å²) in [4.78, 5) is 8.82. The highest BCUT2D eigenvalue weighted by atomic mass is 16.5. The van der Waals surface area contributed by atoms with Gasteiger partial charge in [0.25, 0.3) is 0 Å². The number of hydrogen-bond acceptors (Lipinski definition) is 5. The van der Waals surface area contributed by atoms with Crippen LogP contribution in [0, 0.1) is 0 Å². The smallest absolute Gasteiger partial charge is 0.122 e. The second-order valence-corrected chi connectivity index (χ2v) is 6.10. The molecule has 0 N–H and O–H groups in total. The number of ether oxygens (including phenoxy) is 2. The van der Waals surface area contributed by atoms with E-state index in [0.29, 0.717) is 0 Å². The molecule has 0 aliphatic rings. The Balaban J connectivity index is 2.14. The molecule has 5 heteroatoms. The standard InChI is InChI=1S/C19H27N3O2/c1-21(2)8-9-22(14-16-6-5-7-20-13-16)15-17-10-18(23-3)12-19(11-17)24-4/h5-7,10-13H,8-9,14-15H2,1-4H3.